The summed E-state index contributed by atoms with van der Waals surface area (Å²) in [6.07, 6.45) is 0. The predicted octanol–water partition coefficient (Wildman–Crippen LogP) is 3.01. The first-order valence-electron chi connectivity index (χ1n) is 5.21. The minimum Gasteiger partial charge on any atom is -0.503 e. The fourth-order valence-corrected chi connectivity index (χ4v) is 2.79. The van der Waals surface area contributed by atoms with Gasteiger partial charge in [-0.05, 0) is 43.5 Å². The van der Waals surface area contributed by atoms with Crippen molar-refractivity contribution in [3.8, 4) is 11.5 Å². The molecule has 1 aromatic carbocycles. The van der Waals surface area contributed by atoms with Gasteiger partial charge in [-0.25, -0.2) is 0 Å². The minimum atomic E-state index is 0. The third-order valence-corrected chi connectivity index (χ3v) is 4.85. The monoisotopic (exact) mass is 401 g/mol. The summed E-state index contributed by atoms with van der Waals surface area (Å²) in [5.74, 6) is 0.544. The largest absolute Gasteiger partial charge is 0.503 e. The van der Waals surface area contributed by atoms with Crippen LogP contribution in [0, 0.1) is 0 Å². The Hall–Kier alpha value is -0.0100. The van der Waals surface area contributed by atoms with Crippen molar-refractivity contribution < 1.29 is 14.6 Å². The second-order valence-electron chi connectivity index (χ2n) is 3.73. The van der Waals surface area contributed by atoms with Gasteiger partial charge in [-0.1, -0.05) is 0 Å². The highest BCUT2D eigenvalue weighted by Crippen LogP contribution is 2.43. The zero-order chi connectivity index (χ0) is 12.4. The van der Waals surface area contributed by atoms with Crippen LogP contribution in [0.3, 0.4) is 0 Å². The highest BCUT2D eigenvalue weighted by molar-refractivity contribution is 9.13. The SMILES string of the molecule is COc1cc([C@H]2COCCN2)c(Br)c(Br)c1O.Cl. The van der Waals surface area contributed by atoms with E-state index in [0.717, 1.165) is 23.2 Å². The fraction of sp³-hybridized carbons (Fsp3) is 0.455. The van der Waals surface area contributed by atoms with E-state index >= 15 is 0 Å². The average Bonchev–Trinajstić information content (AvgIpc) is 2.37. The summed E-state index contributed by atoms with van der Waals surface area (Å²) in [6.45, 7) is 2.15. The van der Waals surface area contributed by atoms with Crippen molar-refractivity contribution in [3.05, 3.63) is 20.6 Å². The molecule has 4 nitrogen and oxygen atoms in total. The van der Waals surface area contributed by atoms with Crippen molar-refractivity contribution in [3.63, 3.8) is 0 Å². The van der Waals surface area contributed by atoms with Gasteiger partial charge in [-0.15, -0.1) is 12.4 Å². The number of benzene rings is 1. The van der Waals surface area contributed by atoms with Crippen LogP contribution >= 0.6 is 44.3 Å². The van der Waals surface area contributed by atoms with Gasteiger partial charge in [-0.2, -0.15) is 0 Å². The number of rotatable bonds is 2. The molecule has 0 aliphatic carbocycles. The van der Waals surface area contributed by atoms with E-state index in [1.165, 1.54) is 7.11 Å². The van der Waals surface area contributed by atoms with E-state index in [9.17, 15) is 5.11 Å². The lowest BCUT2D eigenvalue weighted by Gasteiger charge is -2.26. The Bertz CT molecular complexity index is 425. The minimum absolute atomic E-state index is 0. The fourth-order valence-electron chi connectivity index (χ4n) is 1.79. The molecule has 1 fully saturated rings. The Morgan fingerprint density at radius 1 is 1.44 bits per heavy atom. The standard InChI is InChI=1S/C11H13Br2NO3.ClH/c1-16-8-4-6(7-5-17-3-2-14-7)9(12)10(13)11(8)15;/h4,7,14-15H,2-3,5H2,1H3;1H/t7-;/m1./s1. The molecule has 18 heavy (non-hydrogen) atoms. The lowest BCUT2D eigenvalue weighted by molar-refractivity contribution is 0.0765. The molecule has 1 aromatic rings. The average molecular weight is 403 g/mol. The summed E-state index contributed by atoms with van der Waals surface area (Å²) in [6, 6.07) is 1.92. The van der Waals surface area contributed by atoms with Crippen molar-refractivity contribution >= 4 is 44.3 Å². The Kier molecular flexibility index (Phi) is 6.20. The van der Waals surface area contributed by atoms with Gasteiger partial charge in [0, 0.05) is 11.0 Å². The summed E-state index contributed by atoms with van der Waals surface area (Å²) >= 11 is 6.81. The number of halogens is 3. The number of phenols is 1. The summed E-state index contributed by atoms with van der Waals surface area (Å²) in [4.78, 5) is 0. The molecule has 7 heteroatoms. The van der Waals surface area contributed by atoms with Crippen molar-refractivity contribution in [2.24, 2.45) is 0 Å². The zero-order valence-electron chi connectivity index (χ0n) is 9.70. The molecule has 0 spiro atoms. The molecule has 1 aliphatic rings. The molecule has 0 saturated carbocycles. The maximum absolute atomic E-state index is 9.85. The summed E-state index contributed by atoms with van der Waals surface area (Å²) < 4.78 is 12.0. The quantitative estimate of drug-likeness (QED) is 0.797. The topological polar surface area (TPSA) is 50.7 Å². The smallest absolute Gasteiger partial charge is 0.173 e. The van der Waals surface area contributed by atoms with Crippen LogP contribution in [0.25, 0.3) is 0 Å². The highest BCUT2D eigenvalue weighted by atomic mass is 79.9. The molecular weight excluding hydrogens is 389 g/mol. The Labute approximate surface area is 129 Å². The third-order valence-electron chi connectivity index (χ3n) is 2.69. The Morgan fingerprint density at radius 2 is 2.17 bits per heavy atom. The molecule has 0 unspecified atom stereocenters. The van der Waals surface area contributed by atoms with Crippen LogP contribution in [0.2, 0.25) is 0 Å². The maximum atomic E-state index is 9.85. The van der Waals surface area contributed by atoms with Crippen molar-refractivity contribution in [2.75, 3.05) is 26.9 Å². The van der Waals surface area contributed by atoms with Crippen LogP contribution in [-0.4, -0.2) is 32.0 Å². The van der Waals surface area contributed by atoms with Gasteiger partial charge < -0.3 is 19.9 Å². The molecule has 0 amide bonds. The molecule has 2 rings (SSSR count). The van der Waals surface area contributed by atoms with Crippen LogP contribution < -0.4 is 10.1 Å². The molecule has 0 bridgehead atoms. The van der Waals surface area contributed by atoms with Gasteiger partial charge in [0.15, 0.2) is 11.5 Å². The summed E-state index contributed by atoms with van der Waals surface area (Å²) in [5, 5.41) is 13.2. The second kappa shape index (κ2) is 6.96. The normalized spacial score (nSPS) is 19.2. The van der Waals surface area contributed by atoms with E-state index < -0.39 is 0 Å². The first kappa shape index (κ1) is 16.0. The molecule has 1 heterocycles. The number of hydrogen-bond donors (Lipinski definition) is 2. The zero-order valence-corrected chi connectivity index (χ0v) is 13.7. The van der Waals surface area contributed by atoms with Gasteiger partial charge in [0.25, 0.3) is 0 Å². The molecule has 1 saturated heterocycles. The number of aromatic hydroxyl groups is 1. The number of ether oxygens (including phenoxy) is 2. The molecule has 0 radical (unpaired) electrons. The first-order chi connectivity index (χ1) is 8.15. The van der Waals surface area contributed by atoms with Crippen LogP contribution in [0.1, 0.15) is 11.6 Å². The molecular formula is C11H14Br2ClNO3. The number of nitrogens with one attached hydrogen (secondary N) is 1. The maximum Gasteiger partial charge on any atom is 0.173 e. The molecule has 102 valence electrons. The van der Waals surface area contributed by atoms with Crippen molar-refractivity contribution in [1.82, 2.24) is 5.32 Å². The molecule has 0 aromatic heterocycles. The Morgan fingerprint density at radius 3 is 2.72 bits per heavy atom. The van der Waals surface area contributed by atoms with E-state index in [-0.39, 0.29) is 24.2 Å². The number of morpholine rings is 1. The van der Waals surface area contributed by atoms with Gasteiger partial charge in [0.2, 0.25) is 0 Å². The van der Waals surface area contributed by atoms with Gasteiger partial charge in [0.1, 0.15) is 0 Å². The first-order valence-corrected chi connectivity index (χ1v) is 6.79. The molecule has 2 N–H and O–H groups in total. The summed E-state index contributed by atoms with van der Waals surface area (Å²) in [5.41, 5.74) is 1.01. The second-order valence-corrected chi connectivity index (χ2v) is 5.31. The molecule has 1 atom stereocenters. The van der Waals surface area contributed by atoms with Gasteiger partial charge in [-0.3, -0.25) is 0 Å². The summed E-state index contributed by atoms with van der Waals surface area (Å²) in [7, 11) is 1.53. The van der Waals surface area contributed by atoms with Crippen LogP contribution in [0.15, 0.2) is 15.0 Å². The number of methoxy groups -OCH3 is 1. The van der Waals surface area contributed by atoms with E-state index in [0.29, 0.717) is 16.8 Å². The van der Waals surface area contributed by atoms with Gasteiger partial charge >= 0.3 is 0 Å². The van der Waals surface area contributed by atoms with E-state index in [1.807, 2.05) is 6.07 Å². The number of hydrogen-bond acceptors (Lipinski definition) is 4. The van der Waals surface area contributed by atoms with Crippen molar-refractivity contribution in [2.45, 2.75) is 6.04 Å². The predicted molar refractivity (Wildman–Crippen MR) is 78.9 cm³/mol. The third kappa shape index (κ3) is 3.11. The van der Waals surface area contributed by atoms with Crippen LogP contribution in [0.5, 0.6) is 11.5 Å². The van der Waals surface area contributed by atoms with Crippen molar-refractivity contribution in [1.29, 1.82) is 0 Å². The highest BCUT2D eigenvalue weighted by Gasteiger charge is 2.22. The Balaban J connectivity index is 0.00000162. The number of phenolic OH excluding ortho intramolecular Hbond substituents is 1. The van der Waals surface area contributed by atoms with E-state index in [4.69, 9.17) is 9.47 Å². The molecule has 1 aliphatic heterocycles. The lowest BCUT2D eigenvalue weighted by atomic mass is 10.1. The van der Waals surface area contributed by atoms with E-state index in [1.54, 1.807) is 0 Å². The lowest BCUT2D eigenvalue weighted by Crippen LogP contribution is -2.34. The van der Waals surface area contributed by atoms with Crippen LogP contribution in [0.4, 0.5) is 0 Å². The van der Waals surface area contributed by atoms with Crippen LogP contribution in [-0.2, 0) is 4.74 Å². The van der Waals surface area contributed by atoms with E-state index in [2.05, 4.69) is 37.2 Å². The van der Waals surface area contributed by atoms with Gasteiger partial charge in [0.05, 0.1) is 30.8 Å².